The van der Waals surface area contributed by atoms with Crippen LogP contribution in [-0.4, -0.2) is 6.29 Å². The van der Waals surface area contributed by atoms with E-state index in [2.05, 4.69) is 13.0 Å². The molecule has 1 fully saturated rings. The van der Waals surface area contributed by atoms with Crippen LogP contribution in [0.15, 0.2) is 12.2 Å². The van der Waals surface area contributed by atoms with Gasteiger partial charge in [-0.25, -0.2) is 0 Å². The third-order valence-corrected chi connectivity index (χ3v) is 2.44. The number of carbonyl (C=O) groups is 1. The molecule has 1 saturated carbocycles. The Balaban J connectivity index is 2.33. The third-order valence-electron chi connectivity index (χ3n) is 2.44. The minimum atomic E-state index is 0.670. The normalized spacial score (nSPS) is 32.5. The SMILES string of the molecule is CC1CCCC(C=CC=O)C1. The van der Waals surface area contributed by atoms with Crippen LogP contribution in [0.25, 0.3) is 0 Å². The molecule has 0 saturated heterocycles. The van der Waals surface area contributed by atoms with Gasteiger partial charge in [-0.3, -0.25) is 4.79 Å². The van der Waals surface area contributed by atoms with Crippen molar-refractivity contribution < 1.29 is 4.79 Å². The highest BCUT2D eigenvalue weighted by Crippen LogP contribution is 2.28. The summed E-state index contributed by atoms with van der Waals surface area (Å²) in [5.74, 6) is 1.52. The highest BCUT2D eigenvalue weighted by Gasteiger charge is 2.15. The summed E-state index contributed by atoms with van der Waals surface area (Å²) >= 11 is 0. The van der Waals surface area contributed by atoms with Crippen LogP contribution < -0.4 is 0 Å². The predicted octanol–water partition coefficient (Wildman–Crippen LogP) is 2.57. The van der Waals surface area contributed by atoms with Gasteiger partial charge < -0.3 is 0 Å². The summed E-state index contributed by atoms with van der Waals surface area (Å²) in [5, 5.41) is 0. The molecule has 0 aromatic carbocycles. The van der Waals surface area contributed by atoms with E-state index in [0.717, 1.165) is 12.2 Å². The Bertz CT molecular complexity index is 149. The molecule has 0 aromatic heterocycles. The zero-order valence-corrected chi connectivity index (χ0v) is 7.12. The molecule has 0 bridgehead atoms. The molecule has 11 heavy (non-hydrogen) atoms. The molecule has 1 rings (SSSR count). The lowest BCUT2D eigenvalue weighted by molar-refractivity contribution is -0.104. The number of rotatable bonds is 2. The second-order valence-corrected chi connectivity index (χ2v) is 3.55. The van der Waals surface area contributed by atoms with E-state index in [0.29, 0.717) is 5.92 Å². The van der Waals surface area contributed by atoms with Gasteiger partial charge in [-0.1, -0.05) is 25.8 Å². The maximum atomic E-state index is 10.0. The molecule has 0 spiro atoms. The van der Waals surface area contributed by atoms with Gasteiger partial charge >= 0.3 is 0 Å². The standard InChI is InChI=1S/C10H16O/c1-9-4-2-5-10(8-9)6-3-7-11/h3,6-7,9-10H,2,4-5,8H2,1H3. The second-order valence-electron chi connectivity index (χ2n) is 3.55. The first kappa shape index (κ1) is 8.51. The number of allylic oxidation sites excluding steroid dienone is 2. The van der Waals surface area contributed by atoms with Crippen molar-refractivity contribution in [3.05, 3.63) is 12.2 Å². The van der Waals surface area contributed by atoms with Gasteiger partial charge in [0.1, 0.15) is 6.29 Å². The van der Waals surface area contributed by atoms with Crippen LogP contribution in [0.5, 0.6) is 0 Å². The zero-order valence-electron chi connectivity index (χ0n) is 7.12. The smallest absolute Gasteiger partial charge is 0.142 e. The van der Waals surface area contributed by atoms with Gasteiger partial charge in [0.25, 0.3) is 0 Å². The van der Waals surface area contributed by atoms with E-state index < -0.39 is 0 Å². The molecule has 0 heterocycles. The fraction of sp³-hybridized carbons (Fsp3) is 0.700. The fourth-order valence-electron chi connectivity index (χ4n) is 1.86. The van der Waals surface area contributed by atoms with Crippen LogP contribution in [-0.2, 0) is 4.79 Å². The highest BCUT2D eigenvalue weighted by molar-refractivity contribution is 5.64. The molecular formula is C10H16O. The number of carbonyl (C=O) groups excluding carboxylic acids is 1. The van der Waals surface area contributed by atoms with Crippen LogP contribution in [0.3, 0.4) is 0 Å². The van der Waals surface area contributed by atoms with Crippen molar-refractivity contribution in [2.75, 3.05) is 0 Å². The van der Waals surface area contributed by atoms with Crippen LogP contribution in [0, 0.1) is 11.8 Å². The molecule has 0 aromatic rings. The van der Waals surface area contributed by atoms with Crippen molar-refractivity contribution in [1.82, 2.24) is 0 Å². The number of hydrogen-bond acceptors (Lipinski definition) is 1. The Morgan fingerprint density at radius 2 is 2.18 bits per heavy atom. The van der Waals surface area contributed by atoms with Crippen LogP contribution in [0.4, 0.5) is 0 Å². The molecule has 2 unspecified atom stereocenters. The molecule has 0 radical (unpaired) electrons. The quantitative estimate of drug-likeness (QED) is 0.439. The first-order valence-corrected chi connectivity index (χ1v) is 4.45. The first-order chi connectivity index (χ1) is 5.33. The number of aldehydes is 1. The summed E-state index contributed by atoms with van der Waals surface area (Å²) in [4.78, 5) is 10.0. The van der Waals surface area contributed by atoms with Crippen LogP contribution in [0.2, 0.25) is 0 Å². The fourth-order valence-corrected chi connectivity index (χ4v) is 1.86. The van der Waals surface area contributed by atoms with Crippen LogP contribution >= 0.6 is 0 Å². The summed E-state index contributed by atoms with van der Waals surface area (Å²) in [6, 6.07) is 0. The Hall–Kier alpha value is -0.590. The highest BCUT2D eigenvalue weighted by atomic mass is 16.1. The van der Waals surface area contributed by atoms with Gasteiger partial charge in [-0.05, 0) is 30.8 Å². The Kier molecular flexibility index (Phi) is 3.34. The summed E-state index contributed by atoms with van der Waals surface area (Å²) in [7, 11) is 0. The summed E-state index contributed by atoms with van der Waals surface area (Å²) in [6.45, 7) is 2.29. The maximum absolute atomic E-state index is 10.0. The molecule has 0 N–H and O–H groups in total. The molecule has 1 nitrogen and oxygen atoms in total. The van der Waals surface area contributed by atoms with Crippen molar-refractivity contribution in [1.29, 1.82) is 0 Å². The monoisotopic (exact) mass is 152 g/mol. The molecule has 2 atom stereocenters. The van der Waals surface area contributed by atoms with Gasteiger partial charge in [-0.2, -0.15) is 0 Å². The maximum Gasteiger partial charge on any atom is 0.142 e. The van der Waals surface area contributed by atoms with E-state index >= 15 is 0 Å². The second kappa shape index (κ2) is 4.32. The van der Waals surface area contributed by atoms with E-state index in [1.807, 2.05) is 0 Å². The van der Waals surface area contributed by atoms with Gasteiger partial charge in [0.2, 0.25) is 0 Å². The average Bonchev–Trinajstić information content (AvgIpc) is 2.01. The average molecular weight is 152 g/mol. The minimum Gasteiger partial charge on any atom is -0.299 e. The Morgan fingerprint density at radius 1 is 1.36 bits per heavy atom. The topological polar surface area (TPSA) is 17.1 Å². The lowest BCUT2D eigenvalue weighted by Gasteiger charge is -2.23. The van der Waals surface area contributed by atoms with Crippen molar-refractivity contribution in [3.8, 4) is 0 Å². The van der Waals surface area contributed by atoms with E-state index in [9.17, 15) is 4.79 Å². The van der Waals surface area contributed by atoms with Crippen molar-refractivity contribution in [2.24, 2.45) is 11.8 Å². The molecule has 62 valence electrons. The largest absolute Gasteiger partial charge is 0.299 e. The van der Waals surface area contributed by atoms with Crippen LogP contribution in [0.1, 0.15) is 32.6 Å². The van der Waals surface area contributed by atoms with Crippen molar-refractivity contribution >= 4 is 6.29 Å². The van der Waals surface area contributed by atoms with Gasteiger partial charge in [0, 0.05) is 0 Å². The van der Waals surface area contributed by atoms with Gasteiger partial charge in [0.05, 0.1) is 0 Å². The van der Waals surface area contributed by atoms with Gasteiger partial charge in [-0.15, -0.1) is 0 Å². The molecular weight excluding hydrogens is 136 g/mol. The Labute approximate surface area is 68.5 Å². The first-order valence-electron chi connectivity index (χ1n) is 4.45. The molecule has 1 heteroatoms. The lowest BCUT2D eigenvalue weighted by atomic mass is 9.82. The molecule has 1 aliphatic carbocycles. The van der Waals surface area contributed by atoms with Crippen molar-refractivity contribution in [2.45, 2.75) is 32.6 Å². The zero-order chi connectivity index (χ0) is 8.10. The summed E-state index contributed by atoms with van der Waals surface area (Å²) in [6.07, 6.45) is 9.81. The Morgan fingerprint density at radius 3 is 2.82 bits per heavy atom. The molecule has 0 aliphatic heterocycles. The summed E-state index contributed by atoms with van der Waals surface area (Å²) in [5.41, 5.74) is 0. The van der Waals surface area contributed by atoms with Crippen molar-refractivity contribution in [3.63, 3.8) is 0 Å². The summed E-state index contributed by atoms with van der Waals surface area (Å²) < 4.78 is 0. The molecule has 1 aliphatic rings. The van der Waals surface area contributed by atoms with E-state index in [-0.39, 0.29) is 0 Å². The van der Waals surface area contributed by atoms with E-state index in [4.69, 9.17) is 0 Å². The van der Waals surface area contributed by atoms with E-state index in [1.54, 1.807) is 6.08 Å². The lowest BCUT2D eigenvalue weighted by Crippen LogP contribution is -2.10. The predicted molar refractivity (Wildman–Crippen MR) is 46.3 cm³/mol. The van der Waals surface area contributed by atoms with Gasteiger partial charge in [0.15, 0.2) is 0 Å². The minimum absolute atomic E-state index is 0.670. The number of hydrogen-bond donors (Lipinski definition) is 0. The van der Waals surface area contributed by atoms with E-state index in [1.165, 1.54) is 25.7 Å². The third kappa shape index (κ3) is 2.87. The molecule has 0 amide bonds.